The number of methoxy groups -OCH3 is 2. The molecule has 1 N–H and O–H groups in total. The van der Waals surface area contributed by atoms with Gasteiger partial charge in [0.2, 0.25) is 5.91 Å². The van der Waals surface area contributed by atoms with Crippen molar-refractivity contribution in [2.24, 2.45) is 0 Å². The number of carbonyl (C=O) groups excluding carboxylic acids is 1. The second kappa shape index (κ2) is 8.82. The van der Waals surface area contributed by atoms with Crippen molar-refractivity contribution >= 4 is 29.3 Å². The molecule has 0 aromatic heterocycles. The van der Waals surface area contributed by atoms with E-state index in [0.29, 0.717) is 6.54 Å². The van der Waals surface area contributed by atoms with E-state index in [9.17, 15) is 4.79 Å². The van der Waals surface area contributed by atoms with Crippen LogP contribution in [0.15, 0.2) is 54.6 Å². The monoisotopic (exact) mass is 381 g/mol. The molecular formula is C22H23NO3S. The maximum absolute atomic E-state index is 11.5. The van der Waals surface area contributed by atoms with Crippen LogP contribution in [0.3, 0.4) is 0 Å². The Kier molecular flexibility index (Phi) is 6.24. The Bertz CT molecular complexity index is 955. The first-order chi connectivity index (χ1) is 13.1. The predicted octanol–water partition coefficient (Wildman–Crippen LogP) is 4.11. The molecule has 0 spiro atoms. The summed E-state index contributed by atoms with van der Waals surface area (Å²) in [6.45, 7) is 0.563. The lowest BCUT2D eigenvalue weighted by Crippen LogP contribution is -2.26. The third-order valence-corrected chi connectivity index (χ3v) is 4.80. The zero-order valence-electron chi connectivity index (χ0n) is 15.5. The minimum atomic E-state index is -0.0656. The lowest BCUT2D eigenvalue weighted by Gasteiger charge is -2.13. The van der Waals surface area contributed by atoms with Gasteiger partial charge >= 0.3 is 0 Å². The van der Waals surface area contributed by atoms with E-state index in [1.807, 2.05) is 30.3 Å². The normalized spacial score (nSPS) is 10.6. The largest absolute Gasteiger partial charge is 0.497 e. The van der Waals surface area contributed by atoms with Crippen molar-refractivity contribution in [3.05, 3.63) is 60.2 Å². The summed E-state index contributed by atoms with van der Waals surface area (Å²) in [7, 11) is 3.33. The number of rotatable bonds is 7. The molecule has 0 fully saturated rings. The molecule has 0 saturated carbocycles. The van der Waals surface area contributed by atoms with Gasteiger partial charge in [0.15, 0.2) is 0 Å². The Morgan fingerprint density at radius 2 is 1.74 bits per heavy atom. The number of ether oxygens (including phenoxy) is 2. The van der Waals surface area contributed by atoms with Crippen LogP contribution in [0.4, 0.5) is 0 Å². The molecule has 140 valence electrons. The molecular weight excluding hydrogens is 358 g/mol. The topological polar surface area (TPSA) is 47.6 Å². The van der Waals surface area contributed by atoms with Gasteiger partial charge in [-0.25, -0.2) is 0 Å². The number of hydrogen-bond donors (Lipinski definition) is 2. The molecule has 0 unspecified atom stereocenters. The van der Waals surface area contributed by atoms with Crippen LogP contribution < -0.4 is 14.8 Å². The van der Waals surface area contributed by atoms with E-state index in [0.717, 1.165) is 45.4 Å². The van der Waals surface area contributed by atoms with Crippen LogP contribution in [-0.4, -0.2) is 32.4 Å². The third kappa shape index (κ3) is 4.55. The van der Waals surface area contributed by atoms with E-state index in [-0.39, 0.29) is 11.7 Å². The molecule has 1 amide bonds. The highest BCUT2D eigenvalue weighted by atomic mass is 32.1. The summed E-state index contributed by atoms with van der Waals surface area (Å²) >= 11 is 4.00. The molecule has 4 nitrogen and oxygen atoms in total. The van der Waals surface area contributed by atoms with Crippen molar-refractivity contribution < 1.29 is 14.3 Å². The first-order valence-corrected chi connectivity index (χ1v) is 9.40. The summed E-state index contributed by atoms with van der Waals surface area (Å²) in [5.41, 5.74) is 3.36. The van der Waals surface area contributed by atoms with Crippen LogP contribution in [0, 0.1) is 0 Å². The van der Waals surface area contributed by atoms with Gasteiger partial charge in [-0.2, -0.15) is 12.6 Å². The highest BCUT2D eigenvalue weighted by Gasteiger charge is 2.09. The number of thiol groups is 1. The second-order valence-corrected chi connectivity index (χ2v) is 6.53. The van der Waals surface area contributed by atoms with Crippen molar-refractivity contribution in [2.45, 2.75) is 6.42 Å². The molecule has 0 atom stereocenters. The maximum Gasteiger partial charge on any atom is 0.229 e. The third-order valence-electron chi connectivity index (χ3n) is 4.51. The smallest absolute Gasteiger partial charge is 0.229 e. The maximum atomic E-state index is 11.5. The fourth-order valence-electron chi connectivity index (χ4n) is 3.11. The fourth-order valence-corrected chi connectivity index (χ4v) is 3.22. The van der Waals surface area contributed by atoms with Crippen LogP contribution in [0.1, 0.15) is 5.56 Å². The standard InChI is InChI=1S/C22H23NO3S/c1-25-19-5-3-4-15(12-19)18-10-16-6-7-20(26-2)13-21(16)17(11-18)8-9-23-22(24)14-27/h3-7,10-13,27H,8-9,14H2,1-2H3,(H,23,24). The molecule has 27 heavy (non-hydrogen) atoms. The van der Waals surface area contributed by atoms with Crippen LogP contribution in [0.2, 0.25) is 0 Å². The van der Waals surface area contributed by atoms with E-state index in [4.69, 9.17) is 9.47 Å². The van der Waals surface area contributed by atoms with Gasteiger partial charge in [-0.15, -0.1) is 0 Å². The van der Waals surface area contributed by atoms with Crippen LogP contribution in [-0.2, 0) is 11.2 Å². The zero-order chi connectivity index (χ0) is 19.2. The number of amides is 1. The average Bonchev–Trinajstić information content (AvgIpc) is 2.73. The molecule has 0 bridgehead atoms. The second-order valence-electron chi connectivity index (χ2n) is 6.21. The molecule has 3 aromatic carbocycles. The average molecular weight is 381 g/mol. The van der Waals surface area contributed by atoms with Gasteiger partial charge in [0.1, 0.15) is 11.5 Å². The Morgan fingerprint density at radius 3 is 2.48 bits per heavy atom. The van der Waals surface area contributed by atoms with E-state index in [1.165, 1.54) is 0 Å². The zero-order valence-corrected chi connectivity index (χ0v) is 16.4. The summed E-state index contributed by atoms with van der Waals surface area (Å²) in [5.74, 6) is 1.77. The minimum absolute atomic E-state index is 0.0656. The first-order valence-electron chi connectivity index (χ1n) is 8.77. The Morgan fingerprint density at radius 1 is 0.963 bits per heavy atom. The van der Waals surface area contributed by atoms with Crippen molar-refractivity contribution in [1.29, 1.82) is 0 Å². The number of carbonyl (C=O) groups is 1. The van der Waals surface area contributed by atoms with E-state index in [1.54, 1.807) is 14.2 Å². The SMILES string of the molecule is COc1cccc(-c2cc(CCNC(=O)CS)c3cc(OC)ccc3c2)c1. The van der Waals surface area contributed by atoms with Crippen molar-refractivity contribution in [3.63, 3.8) is 0 Å². The highest BCUT2D eigenvalue weighted by molar-refractivity contribution is 7.81. The van der Waals surface area contributed by atoms with Gasteiger partial charge in [0.25, 0.3) is 0 Å². The Balaban J connectivity index is 2.03. The molecule has 0 saturated heterocycles. The Labute approximate surface area is 164 Å². The van der Waals surface area contributed by atoms with Gasteiger partial charge in [0.05, 0.1) is 20.0 Å². The van der Waals surface area contributed by atoms with E-state index in [2.05, 4.69) is 42.2 Å². The summed E-state index contributed by atoms with van der Waals surface area (Å²) in [5, 5.41) is 5.14. The number of benzene rings is 3. The van der Waals surface area contributed by atoms with Crippen molar-refractivity contribution in [1.82, 2.24) is 5.32 Å². The van der Waals surface area contributed by atoms with Crippen LogP contribution >= 0.6 is 12.6 Å². The first kappa shape index (κ1) is 19.1. The predicted molar refractivity (Wildman–Crippen MR) is 113 cm³/mol. The van der Waals surface area contributed by atoms with Gasteiger partial charge < -0.3 is 14.8 Å². The van der Waals surface area contributed by atoms with E-state index < -0.39 is 0 Å². The molecule has 0 aliphatic rings. The lowest BCUT2D eigenvalue weighted by atomic mass is 9.95. The highest BCUT2D eigenvalue weighted by Crippen LogP contribution is 2.32. The fraction of sp³-hybridized carbons (Fsp3) is 0.227. The van der Waals surface area contributed by atoms with Crippen molar-refractivity contribution in [3.8, 4) is 22.6 Å². The number of nitrogens with one attached hydrogen (secondary N) is 1. The molecule has 0 aliphatic heterocycles. The minimum Gasteiger partial charge on any atom is -0.497 e. The molecule has 0 aliphatic carbocycles. The van der Waals surface area contributed by atoms with Gasteiger partial charge in [-0.05, 0) is 64.2 Å². The Hall–Kier alpha value is -2.66. The van der Waals surface area contributed by atoms with Crippen molar-refractivity contribution in [2.75, 3.05) is 26.5 Å². The molecule has 0 radical (unpaired) electrons. The molecule has 0 heterocycles. The molecule has 3 aromatic rings. The van der Waals surface area contributed by atoms with Crippen LogP contribution in [0.5, 0.6) is 11.5 Å². The summed E-state index contributed by atoms with van der Waals surface area (Å²) < 4.78 is 10.7. The number of fused-ring (bicyclic) bond motifs is 1. The van der Waals surface area contributed by atoms with Gasteiger partial charge in [0, 0.05) is 6.54 Å². The van der Waals surface area contributed by atoms with Gasteiger partial charge in [-0.3, -0.25) is 4.79 Å². The van der Waals surface area contributed by atoms with Crippen LogP contribution in [0.25, 0.3) is 21.9 Å². The quantitative estimate of drug-likeness (QED) is 0.606. The molecule has 5 heteroatoms. The summed E-state index contributed by atoms with van der Waals surface area (Å²) in [6, 6.07) is 18.4. The number of hydrogen-bond acceptors (Lipinski definition) is 4. The lowest BCUT2D eigenvalue weighted by molar-refractivity contribution is -0.118. The molecule has 3 rings (SSSR count). The van der Waals surface area contributed by atoms with E-state index >= 15 is 0 Å². The summed E-state index contributed by atoms with van der Waals surface area (Å²) in [6.07, 6.45) is 0.723. The van der Waals surface area contributed by atoms with Gasteiger partial charge in [-0.1, -0.05) is 24.3 Å². The summed E-state index contributed by atoms with van der Waals surface area (Å²) in [4.78, 5) is 11.5.